The molecular formula is C24H42O2. The van der Waals surface area contributed by atoms with Gasteiger partial charge in [0.25, 0.3) is 0 Å². The molecule has 0 radical (unpaired) electrons. The molecule has 4 rings (SSSR count). The molecule has 4 aliphatic carbocycles. The Morgan fingerprint density at radius 1 is 0.923 bits per heavy atom. The Morgan fingerprint density at radius 2 is 1.62 bits per heavy atom. The Morgan fingerprint density at radius 3 is 2.35 bits per heavy atom. The van der Waals surface area contributed by atoms with Crippen molar-refractivity contribution < 1.29 is 10.2 Å². The van der Waals surface area contributed by atoms with Gasteiger partial charge in [-0.25, -0.2) is 0 Å². The summed E-state index contributed by atoms with van der Waals surface area (Å²) in [6.07, 6.45) is 11.8. The zero-order chi connectivity index (χ0) is 18.7. The molecule has 150 valence electrons. The molecule has 0 saturated heterocycles. The first-order valence-corrected chi connectivity index (χ1v) is 11.7. The molecular weight excluding hydrogens is 320 g/mol. The van der Waals surface area contributed by atoms with Crippen molar-refractivity contribution in [2.24, 2.45) is 46.3 Å². The van der Waals surface area contributed by atoms with Gasteiger partial charge in [-0.2, -0.15) is 0 Å². The second-order valence-electron chi connectivity index (χ2n) is 11.2. The zero-order valence-electron chi connectivity index (χ0n) is 17.6. The predicted octanol–water partition coefficient (Wildman–Crippen LogP) is 5.41. The van der Waals surface area contributed by atoms with Gasteiger partial charge in [-0.3, -0.25) is 0 Å². The quantitative estimate of drug-likeness (QED) is 0.704. The van der Waals surface area contributed by atoms with Gasteiger partial charge in [0.1, 0.15) is 0 Å². The van der Waals surface area contributed by atoms with Crippen LogP contribution in [-0.4, -0.2) is 22.4 Å². The first-order valence-electron chi connectivity index (χ1n) is 11.7. The molecule has 0 spiro atoms. The Hall–Kier alpha value is -0.0800. The number of aliphatic hydroxyl groups excluding tert-OH is 2. The van der Waals surface area contributed by atoms with Crippen molar-refractivity contribution in [2.45, 2.75) is 104 Å². The summed E-state index contributed by atoms with van der Waals surface area (Å²) in [5.74, 6) is 4.15. The lowest BCUT2D eigenvalue weighted by molar-refractivity contribution is -0.174. The van der Waals surface area contributed by atoms with E-state index >= 15 is 0 Å². The van der Waals surface area contributed by atoms with E-state index in [1.807, 2.05) is 0 Å². The third kappa shape index (κ3) is 2.72. The molecule has 0 aliphatic heterocycles. The van der Waals surface area contributed by atoms with Gasteiger partial charge in [0.15, 0.2) is 0 Å². The molecule has 0 heterocycles. The first-order chi connectivity index (χ1) is 12.3. The van der Waals surface area contributed by atoms with Gasteiger partial charge in [-0.1, -0.05) is 40.5 Å². The normalized spacial score (nSPS) is 54.9. The van der Waals surface area contributed by atoms with Gasteiger partial charge in [-0.05, 0) is 97.7 Å². The average Bonchev–Trinajstić information content (AvgIpc) is 2.94. The maximum Gasteiger partial charge on any atom is 0.0577 e. The van der Waals surface area contributed by atoms with Crippen molar-refractivity contribution in [3.63, 3.8) is 0 Å². The minimum absolute atomic E-state index is 0.128. The third-order valence-electron chi connectivity index (χ3n) is 10.2. The highest BCUT2D eigenvalue weighted by atomic mass is 16.3. The van der Waals surface area contributed by atoms with Crippen molar-refractivity contribution in [3.05, 3.63) is 0 Å². The van der Waals surface area contributed by atoms with Crippen LogP contribution in [0.5, 0.6) is 0 Å². The molecule has 2 nitrogen and oxygen atoms in total. The average molecular weight is 363 g/mol. The van der Waals surface area contributed by atoms with Crippen LogP contribution in [0.4, 0.5) is 0 Å². The van der Waals surface area contributed by atoms with Crippen LogP contribution in [0.3, 0.4) is 0 Å². The Bertz CT molecular complexity index is 518. The fourth-order valence-electron chi connectivity index (χ4n) is 8.83. The smallest absolute Gasteiger partial charge is 0.0577 e. The minimum atomic E-state index is -0.131. The van der Waals surface area contributed by atoms with Crippen LogP contribution >= 0.6 is 0 Å². The van der Waals surface area contributed by atoms with Gasteiger partial charge in [0, 0.05) is 0 Å². The van der Waals surface area contributed by atoms with Crippen LogP contribution in [0.15, 0.2) is 0 Å². The van der Waals surface area contributed by atoms with Gasteiger partial charge < -0.3 is 10.2 Å². The molecule has 4 aliphatic rings. The Kier molecular flexibility index (Phi) is 5.01. The van der Waals surface area contributed by atoms with Gasteiger partial charge in [0.05, 0.1) is 12.2 Å². The van der Waals surface area contributed by atoms with E-state index in [4.69, 9.17) is 0 Å². The SMILES string of the molecule is CCCC(C)C1CCC2C3C(O)CC4CC(O)CCC4(C)C3CCC12C. The van der Waals surface area contributed by atoms with E-state index in [0.717, 1.165) is 37.0 Å². The highest BCUT2D eigenvalue weighted by Gasteiger charge is 2.62. The number of aliphatic hydroxyl groups is 2. The van der Waals surface area contributed by atoms with E-state index < -0.39 is 0 Å². The molecule has 2 heteroatoms. The topological polar surface area (TPSA) is 40.5 Å². The Labute approximate surface area is 161 Å². The summed E-state index contributed by atoms with van der Waals surface area (Å²) < 4.78 is 0. The highest BCUT2D eigenvalue weighted by molar-refractivity contribution is 5.11. The van der Waals surface area contributed by atoms with E-state index in [-0.39, 0.29) is 12.2 Å². The van der Waals surface area contributed by atoms with Gasteiger partial charge >= 0.3 is 0 Å². The summed E-state index contributed by atoms with van der Waals surface area (Å²) in [5.41, 5.74) is 0.811. The summed E-state index contributed by atoms with van der Waals surface area (Å²) in [5, 5.41) is 21.5. The van der Waals surface area contributed by atoms with Crippen LogP contribution in [0.25, 0.3) is 0 Å². The number of rotatable bonds is 3. The summed E-state index contributed by atoms with van der Waals surface area (Å²) in [4.78, 5) is 0. The fraction of sp³-hybridized carbons (Fsp3) is 1.00. The zero-order valence-corrected chi connectivity index (χ0v) is 17.6. The molecule has 0 bridgehead atoms. The molecule has 4 fully saturated rings. The molecule has 10 unspecified atom stereocenters. The number of fused-ring (bicyclic) bond motifs is 5. The van der Waals surface area contributed by atoms with Gasteiger partial charge in [-0.15, -0.1) is 0 Å². The van der Waals surface area contributed by atoms with Crippen LogP contribution in [-0.2, 0) is 0 Å². The Balaban J connectivity index is 1.61. The minimum Gasteiger partial charge on any atom is -0.393 e. The largest absolute Gasteiger partial charge is 0.393 e. The maximum atomic E-state index is 11.3. The lowest BCUT2D eigenvalue weighted by Crippen LogP contribution is -2.58. The third-order valence-corrected chi connectivity index (χ3v) is 10.2. The van der Waals surface area contributed by atoms with E-state index in [0.29, 0.717) is 28.6 Å². The maximum absolute atomic E-state index is 11.3. The predicted molar refractivity (Wildman–Crippen MR) is 107 cm³/mol. The molecule has 0 aromatic rings. The van der Waals surface area contributed by atoms with Gasteiger partial charge in [0.2, 0.25) is 0 Å². The second-order valence-corrected chi connectivity index (χ2v) is 11.2. The lowest BCUT2D eigenvalue weighted by Gasteiger charge is -2.62. The van der Waals surface area contributed by atoms with E-state index in [1.165, 1.54) is 44.9 Å². The fourth-order valence-corrected chi connectivity index (χ4v) is 8.83. The molecule has 0 aromatic carbocycles. The summed E-state index contributed by atoms with van der Waals surface area (Å²) in [6, 6.07) is 0. The number of hydrogen-bond donors (Lipinski definition) is 2. The molecule has 10 atom stereocenters. The van der Waals surface area contributed by atoms with Crippen molar-refractivity contribution in [1.29, 1.82) is 0 Å². The van der Waals surface area contributed by atoms with Crippen molar-refractivity contribution in [3.8, 4) is 0 Å². The van der Waals surface area contributed by atoms with Crippen molar-refractivity contribution in [2.75, 3.05) is 0 Å². The molecule has 26 heavy (non-hydrogen) atoms. The molecule has 0 amide bonds. The summed E-state index contributed by atoms with van der Waals surface area (Å²) in [6.45, 7) is 9.92. The first kappa shape index (κ1) is 19.2. The summed E-state index contributed by atoms with van der Waals surface area (Å²) >= 11 is 0. The van der Waals surface area contributed by atoms with Crippen molar-refractivity contribution in [1.82, 2.24) is 0 Å². The standard InChI is InChI=1S/C24H42O2/c1-5-6-15(2)18-7-8-19-22-20(10-12-24(18,19)4)23(3)11-9-17(25)13-16(23)14-21(22)26/h15-22,25-26H,5-14H2,1-4H3. The van der Waals surface area contributed by atoms with Crippen LogP contribution < -0.4 is 0 Å². The van der Waals surface area contributed by atoms with Crippen LogP contribution in [0, 0.1) is 46.3 Å². The summed E-state index contributed by atoms with van der Waals surface area (Å²) in [7, 11) is 0. The van der Waals surface area contributed by atoms with Crippen LogP contribution in [0.2, 0.25) is 0 Å². The second kappa shape index (κ2) is 6.76. The highest BCUT2D eigenvalue weighted by Crippen LogP contribution is 2.68. The monoisotopic (exact) mass is 362 g/mol. The number of hydrogen-bond acceptors (Lipinski definition) is 2. The molecule has 4 saturated carbocycles. The van der Waals surface area contributed by atoms with E-state index in [9.17, 15) is 10.2 Å². The van der Waals surface area contributed by atoms with E-state index in [1.54, 1.807) is 0 Å². The van der Waals surface area contributed by atoms with Crippen LogP contribution in [0.1, 0.15) is 91.9 Å². The molecule has 0 aromatic heterocycles. The lowest BCUT2D eigenvalue weighted by atomic mass is 9.43. The van der Waals surface area contributed by atoms with Crippen molar-refractivity contribution >= 4 is 0 Å². The molecule has 2 N–H and O–H groups in total. The van der Waals surface area contributed by atoms with E-state index in [2.05, 4.69) is 27.7 Å².